The third-order valence-electron chi connectivity index (χ3n) is 3.79. The average Bonchev–Trinajstić information content (AvgIpc) is 2.91. The highest BCUT2D eigenvalue weighted by Crippen LogP contribution is 2.32. The predicted molar refractivity (Wildman–Crippen MR) is 93.4 cm³/mol. The van der Waals surface area contributed by atoms with Gasteiger partial charge in [0.2, 0.25) is 0 Å². The smallest absolute Gasteiger partial charge is 0.164 e. The zero-order chi connectivity index (χ0) is 16.4. The minimum absolute atomic E-state index is 0.567. The summed E-state index contributed by atoms with van der Waals surface area (Å²) in [7, 11) is 1.70. The van der Waals surface area contributed by atoms with Gasteiger partial charge in [-0.25, -0.2) is 4.98 Å². The van der Waals surface area contributed by atoms with Crippen molar-refractivity contribution in [1.29, 1.82) is 0 Å². The number of ether oxygens (including phenoxy) is 1. The maximum atomic E-state index is 6.35. The molecule has 0 aliphatic rings. The van der Waals surface area contributed by atoms with Crippen LogP contribution in [0, 0.1) is 0 Å². The molecule has 120 valence electrons. The van der Waals surface area contributed by atoms with Gasteiger partial charge in [0.05, 0.1) is 17.3 Å². The molecule has 0 saturated carbocycles. The van der Waals surface area contributed by atoms with E-state index in [0.717, 1.165) is 41.1 Å². The molecule has 23 heavy (non-hydrogen) atoms. The van der Waals surface area contributed by atoms with Gasteiger partial charge in [0.1, 0.15) is 5.69 Å². The van der Waals surface area contributed by atoms with Crippen LogP contribution < -0.4 is 0 Å². The van der Waals surface area contributed by atoms with Gasteiger partial charge in [0.25, 0.3) is 0 Å². The van der Waals surface area contributed by atoms with Crippen LogP contribution in [-0.2, 0) is 17.6 Å². The Morgan fingerprint density at radius 3 is 2.78 bits per heavy atom. The fourth-order valence-electron chi connectivity index (χ4n) is 2.69. The Bertz CT molecular complexity index is 845. The summed E-state index contributed by atoms with van der Waals surface area (Å²) in [5.74, 6) is 0. The van der Waals surface area contributed by atoms with Crippen LogP contribution in [0.25, 0.3) is 16.9 Å². The molecule has 0 aliphatic heterocycles. The van der Waals surface area contributed by atoms with Crippen molar-refractivity contribution in [2.24, 2.45) is 0 Å². The van der Waals surface area contributed by atoms with E-state index < -0.39 is 0 Å². The van der Waals surface area contributed by atoms with E-state index in [-0.39, 0.29) is 0 Å². The Balaban J connectivity index is 2.21. The molecule has 0 aliphatic carbocycles. The topological polar surface area (TPSA) is 39.4 Å². The molecule has 0 bridgehead atoms. The monoisotopic (exact) mass is 349 g/mol. The number of imidazole rings is 1. The van der Waals surface area contributed by atoms with E-state index in [4.69, 9.17) is 32.9 Å². The number of methoxy groups -OCH3 is 1. The summed E-state index contributed by atoms with van der Waals surface area (Å²) in [6.45, 7) is 2.75. The lowest BCUT2D eigenvalue weighted by molar-refractivity contribution is 0.201. The zero-order valence-electron chi connectivity index (χ0n) is 13.0. The lowest BCUT2D eigenvalue weighted by Gasteiger charge is -2.07. The standard InChI is InChI=1S/C17H17Cl2N3O/c1-3-14-15(6-9-23-2)22-8-7-20-16(17(22)21-14)12-5-4-11(18)10-13(12)19/h4-5,7-8,10H,3,6,9H2,1-2H3. The van der Waals surface area contributed by atoms with Crippen molar-refractivity contribution >= 4 is 28.8 Å². The maximum Gasteiger partial charge on any atom is 0.164 e. The number of halogens is 2. The zero-order valence-corrected chi connectivity index (χ0v) is 14.5. The predicted octanol–water partition coefficient (Wildman–Crippen LogP) is 4.45. The minimum atomic E-state index is 0.567. The Kier molecular flexibility index (Phi) is 4.85. The van der Waals surface area contributed by atoms with E-state index in [1.807, 2.05) is 18.3 Å². The number of aryl methyl sites for hydroxylation is 1. The molecule has 4 nitrogen and oxygen atoms in total. The molecule has 2 aromatic heterocycles. The first kappa shape index (κ1) is 16.2. The van der Waals surface area contributed by atoms with Crippen LogP contribution in [0.1, 0.15) is 18.3 Å². The van der Waals surface area contributed by atoms with Crippen LogP contribution in [0.4, 0.5) is 0 Å². The molecule has 0 amide bonds. The molecule has 3 rings (SSSR count). The third-order valence-corrected chi connectivity index (χ3v) is 4.34. The van der Waals surface area contributed by atoms with Gasteiger partial charge in [-0.05, 0) is 24.6 Å². The molecule has 6 heteroatoms. The van der Waals surface area contributed by atoms with Crippen LogP contribution in [0.3, 0.4) is 0 Å². The third kappa shape index (κ3) is 3.07. The van der Waals surface area contributed by atoms with Crippen LogP contribution >= 0.6 is 23.2 Å². The van der Waals surface area contributed by atoms with E-state index in [1.165, 1.54) is 0 Å². The molecule has 0 spiro atoms. The number of nitrogens with zero attached hydrogens (tertiary/aromatic N) is 3. The van der Waals surface area contributed by atoms with E-state index in [9.17, 15) is 0 Å². The molecule has 0 radical (unpaired) electrons. The lowest BCUT2D eigenvalue weighted by atomic mass is 10.1. The molecule has 0 fully saturated rings. The summed E-state index contributed by atoms with van der Waals surface area (Å²) in [6, 6.07) is 5.41. The fourth-order valence-corrected chi connectivity index (χ4v) is 3.19. The summed E-state index contributed by atoms with van der Waals surface area (Å²) in [6.07, 6.45) is 5.36. The highest BCUT2D eigenvalue weighted by molar-refractivity contribution is 6.36. The molecular formula is C17H17Cl2N3O. The molecular weight excluding hydrogens is 333 g/mol. The minimum Gasteiger partial charge on any atom is -0.384 e. The Morgan fingerprint density at radius 2 is 2.09 bits per heavy atom. The normalized spacial score (nSPS) is 11.3. The number of rotatable bonds is 5. The van der Waals surface area contributed by atoms with Gasteiger partial charge in [-0.1, -0.05) is 30.1 Å². The number of fused-ring (bicyclic) bond motifs is 1. The Morgan fingerprint density at radius 1 is 1.26 bits per heavy atom. The van der Waals surface area contributed by atoms with Crippen LogP contribution in [0.5, 0.6) is 0 Å². The van der Waals surface area contributed by atoms with Crippen molar-refractivity contribution in [2.75, 3.05) is 13.7 Å². The van der Waals surface area contributed by atoms with E-state index in [0.29, 0.717) is 16.7 Å². The van der Waals surface area contributed by atoms with Crippen molar-refractivity contribution in [2.45, 2.75) is 19.8 Å². The molecule has 0 unspecified atom stereocenters. The van der Waals surface area contributed by atoms with Gasteiger partial charge in [0, 0.05) is 42.2 Å². The highest BCUT2D eigenvalue weighted by Gasteiger charge is 2.16. The summed E-state index contributed by atoms with van der Waals surface area (Å²) >= 11 is 12.3. The molecule has 0 saturated heterocycles. The van der Waals surface area contributed by atoms with Crippen LogP contribution in [-0.4, -0.2) is 28.1 Å². The fraction of sp³-hybridized carbons (Fsp3) is 0.294. The number of hydrogen-bond donors (Lipinski definition) is 0. The molecule has 0 atom stereocenters. The second-order valence-corrected chi connectivity index (χ2v) is 6.04. The van der Waals surface area contributed by atoms with E-state index in [1.54, 1.807) is 19.4 Å². The second-order valence-electron chi connectivity index (χ2n) is 5.20. The van der Waals surface area contributed by atoms with Crippen molar-refractivity contribution in [3.63, 3.8) is 0 Å². The van der Waals surface area contributed by atoms with Gasteiger partial charge in [-0.2, -0.15) is 0 Å². The number of aromatic nitrogens is 3. The molecule has 1 aromatic carbocycles. The van der Waals surface area contributed by atoms with E-state index >= 15 is 0 Å². The first-order valence-electron chi connectivity index (χ1n) is 7.44. The lowest BCUT2D eigenvalue weighted by Crippen LogP contribution is -2.02. The summed E-state index contributed by atoms with van der Waals surface area (Å²) in [4.78, 5) is 9.27. The quantitative estimate of drug-likeness (QED) is 0.682. The SMILES string of the molecule is CCc1nc2c(-c3ccc(Cl)cc3Cl)nccn2c1CCOC. The molecule has 3 aromatic rings. The largest absolute Gasteiger partial charge is 0.384 e. The molecule has 0 N–H and O–H groups in total. The Labute approximate surface area is 145 Å². The van der Waals surface area contributed by atoms with E-state index in [2.05, 4.69) is 16.3 Å². The summed E-state index contributed by atoms with van der Waals surface area (Å²) < 4.78 is 7.29. The van der Waals surface area contributed by atoms with Gasteiger partial charge >= 0.3 is 0 Å². The first-order valence-corrected chi connectivity index (χ1v) is 8.20. The van der Waals surface area contributed by atoms with Crippen molar-refractivity contribution in [1.82, 2.24) is 14.4 Å². The Hall–Kier alpha value is -1.62. The van der Waals surface area contributed by atoms with Crippen LogP contribution in [0.15, 0.2) is 30.6 Å². The highest BCUT2D eigenvalue weighted by atomic mass is 35.5. The molecule has 2 heterocycles. The first-order chi connectivity index (χ1) is 11.2. The summed E-state index contributed by atoms with van der Waals surface area (Å²) in [5, 5.41) is 1.17. The van der Waals surface area contributed by atoms with Crippen molar-refractivity contribution in [3.05, 3.63) is 52.0 Å². The van der Waals surface area contributed by atoms with Gasteiger partial charge in [-0.3, -0.25) is 4.98 Å². The summed E-state index contributed by atoms with van der Waals surface area (Å²) in [5.41, 5.74) is 4.60. The van der Waals surface area contributed by atoms with Gasteiger partial charge in [0.15, 0.2) is 5.65 Å². The maximum absolute atomic E-state index is 6.35. The van der Waals surface area contributed by atoms with Crippen LogP contribution in [0.2, 0.25) is 10.0 Å². The van der Waals surface area contributed by atoms with Gasteiger partial charge in [-0.15, -0.1) is 0 Å². The average molecular weight is 350 g/mol. The number of hydrogen-bond acceptors (Lipinski definition) is 3. The number of benzene rings is 1. The van der Waals surface area contributed by atoms with Crippen molar-refractivity contribution < 1.29 is 4.74 Å². The van der Waals surface area contributed by atoms with Gasteiger partial charge < -0.3 is 9.14 Å². The van der Waals surface area contributed by atoms with Crippen molar-refractivity contribution in [3.8, 4) is 11.3 Å². The second kappa shape index (κ2) is 6.87.